The highest BCUT2D eigenvalue weighted by molar-refractivity contribution is 6.08. The average Bonchev–Trinajstić information content (AvgIpc) is 3.03. The summed E-state index contributed by atoms with van der Waals surface area (Å²) in [5, 5.41) is 0.982. The van der Waals surface area contributed by atoms with Crippen molar-refractivity contribution in [1.82, 2.24) is 9.88 Å². The number of amides is 1. The third-order valence-electron chi connectivity index (χ3n) is 3.80. The molecule has 0 unspecified atom stereocenters. The van der Waals surface area contributed by atoms with E-state index >= 15 is 0 Å². The Morgan fingerprint density at radius 3 is 2.74 bits per heavy atom. The van der Waals surface area contributed by atoms with Gasteiger partial charge in [0.2, 0.25) is 0 Å². The van der Waals surface area contributed by atoms with Gasteiger partial charge in [0, 0.05) is 30.2 Å². The first-order valence-electron chi connectivity index (χ1n) is 6.66. The monoisotopic (exact) mass is 258 g/mol. The molecule has 1 aliphatic heterocycles. The second kappa shape index (κ2) is 4.61. The number of likely N-dealkylation sites (tertiary alicyclic amines) is 1. The minimum absolute atomic E-state index is 0.145. The number of rotatable bonds is 2. The topological polar surface area (TPSA) is 45.3 Å². The summed E-state index contributed by atoms with van der Waals surface area (Å²) >= 11 is 0. The molecule has 0 bridgehead atoms. The van der Waals surface area contributed by atoms with Crippen molar-refractivity contribution >= 4 is 16.8 Å². The standard InChI is InChI=1S/C15H18N2O2/c1-10-14(15(18)17-7-3-4-8-17)12-6-5-11(19-2)9-13(12)16-10/h5-6,9,16H,3-4,7-8H2,1-2H3. The van der Waals surface area contributed by atoms with Crippen molar-refractivity contribution in [2.24, 2.45) is 0 Å². The van der Waals surface area contributed by atoms with Crippen LogP contribution in [0.1, 0.15) is 28.9 Å². The number of hydrogen-bond acceptors (Lipinski definition) is 2. The number of nitrogens with one attached hydrogen (secondary N) is 1. The molecule has 19 heavy (non-hydrogen) atoms. The molecule has 3 rings (SSSR count). The Labute approximate surface area is 112 Å². The van der Waals surface area contributed by atoms with Crippen LogP contribution in [-0.4, -0.2) is 36.0 Å². The SMILES string of the molecule is COc1ccc2c(C(=O)N3CCCC3)c(C)[nH]c2c1. The number of H-pyrrole nitrogens is 1. The van der Waals surface area contributed by atoms with Crippen molar-refractivity contribution in [3.8, 4) is 5.75 Å². The maximum Gasteiger partial charge on any atom is 0.256 e. The van der Waals surface area contributed by atoms with E-state index in [0.29, 0.717) is 0 Å². The number of fused-ring (bicyclic) bond motifs is 1. The van der Waals surface area contributed by atoms with Gasteiger partial charge in [0.05, 0.1) is 18.2 Å². The van der Waals surface area contributed by atoms with Crippen molar-refractivity contribution in [2.75, 3.05) is 20.2 Å². The van der Waals surface area contributed by atoms with Crippen LogP contribution in [0.3, 0.4) is 0 Å². The molecule has 0 spiro atoms. The Hall–Kier alpha value is -1.97. The molecular weight excluding hydrogens is 240 g/mol. The molecule has 0 saturated carbocycles. The molecule has 2 heterocycles. The molecule has 0 aliphatic carbocycles. The van der Waals surface area contributed by atoms with Gasteiger partial charge in [-0.1, -0.05) is 0 Å². The number of hydrogen-bond donors (Lipinski definition) is 1. The third kappa shape index (κ3) is 1.97. The summed E-state index contributed by atoms with van der Waals surface area (Å²) in [4.78, 5) is 17.8. The minimum atomic E-state index is 0.145. The lowest BCUT2D eigenvalue weighted by molar-refractivity contribution is 0.0794. The lowest BCUT2D eigenvalue weighted by Gasteiger charge is -2.15. The van der Waals surface area contributed by atoms with Gasteiger partial charge in [0.1, 0.15) is 5.75 Å². The second-order valence-corrected chi connectivity index (χ2v) is 5.04. The van der Waals surface area contributed by atoms with Crippen molar-refractivity contribution in [3.63, 3.8) is 0 Å². The fraction of sp³-hybridized carbons (Fsp3) is 0.400. The highest BCUT2D eigenvalue weighted by atomic mass is 16.5. The molecule has 1 saturated heterocycles. The van der Waals surface area contributed by atoms with Gasteiger partial charge in [-0.25, -0.2) is 0 Å². The number of aromatic nitrogens is 1. The number of carbonyl (C=O) groups excluding carboxylic acids is 1. The van der Waals surface area contributed by atoms with E-state index in [4.69, 9.17) is 4.74 Å². The number of aryl methyl sites for hydroxylation is 1. The second-order valence-electron chi connectivity index (χ2n) is 5.04. The van der Waals surface area contributed by atoms with Gasteiger partial charge >= 0.3 is 0 Å². The van der Waals surface area contributed by atoms with Crippen LogP contribution in [0.4, 0.5) is 0 Å². The van der Waals surface area contributed by atoms with Crippen LogP contribution in [0.25, 0.3) is 10.9 Å². The molecule has 2 aromatic rings. The Balaban J connectivity index is 2.07. The molecule has 1 aromatic carbocycles. The normalized spacial score (nSPS) is 15.2. The van der Waals surface area contributed by atoms with Crippen LogP contribution >= 0.6 is 0 Å². The van der Waals surface area contributed by atoms with Crippen LogP contribution in [0.2, 0.25) is 0 Å². The van der Waals surface area contributed by atoms with Crippen LogP contribution in [-0.2, 0) is 0 Å². The van der Waals surface area contributed by atoms with Crippen LogP contribution in [0, 0.1) is 6.92 Å². The molecule has 1 aliphatic rings. The Morgan fingerprint density at radius 2 is 2.05 bits per heavy atom. The largest absolute Gasteiger partial charge is 0.497 e. The Kier molecular flexibility index (Phi) is 2.93. The summed E-state index contributed by atoms with van der Waals surface area (Å²) in [6, 6.07) is 5.79. The van der Waals surface area contributed by atoms with Gasteiger partial charge in [0.15, 0.2) is 0 Å². The van der Waals surface area contributed by atoms with E-state index in [1.807, 2.05) is 30.0 Å². The van der Waals surface area contributed by atoms with E-state index in [2.05, 4.69) is 4.98 Å². The Morgan fingerprint density at radius 1 is 1.32 bits per heavy atom. The fourth-order valence-electron chi connectivity index (χ4n) is 2.79. The average molecular weight is 258 g/mol. The lowest BCUT2D eigenvalue weighted by Crippen LogP contribution is -2.27. The quantitative estimate of drug-likeness (QED) is 0.900. The van der Waals surface area contributed by atoms with Crippen LogP contribution in [0.15, 0.2) is 18.2 Å². The molecule has 4 heteroatoms. The molecule has 1 aromatic heterocycles. The highest BCUT2D eigenvalue weighted by Gasteiger charge is 2.24. The van der Waals surface area contributed by atoms with Crippen molar-refractivity contribution in [1.29, 1.82) is 0 Å². The van der Waals surface area contributed by atoms with Crippen LogP contribution in [0.5, 0.6) is 5.75 Å². The van der Waals surface area contributed by atoms with Gasteiger partial charge in [-0.3, -0.25) is 4.79 Å². The molecule has 0 atom stereocenters. The van der Waals surface area contributed by atoms with E-state index in [0.717, 1.165) is 53.8 Å². The number of nitrogens with zero attached hydrogens (tertiary/aromatic N) is 1. The maximum atomic E-state index is 12.6. The number of benzene rings is 1. The van der Waals surface area contributed by atoms with Gasteiger partial charge < -0.3 is 14.6 Å². The van der Waals surface area contributed by atoms with E-state index in [1.165, 1.54) is 0 Å². The maximum absolute atomic E-state index is 12.6. The number of ether oxygens (including phenoxy) is 1. The number of carbonyl (C=O) groups is 1. The first-order chi connectivity index (χ1) is 9.20. The first-order valence-corrected chi connectivity index (χ1v) is 6.66. The zero-order valence-electron chi connectivity index (χ0n) is 11.3. The highest BCUT2D eigenvalue weighted by Crippen LogP contribution is 2.27. The number of methoxy groups -OCH3 is 1. The van der Waals surface area contributed by atoms with Gasteiger partial charge in [0.25, 0.3) is 5.91 Å². The summed E-state index contributed by atoms with van der Waals surface area (Å²) in [7, 11) is 1.65. The molecule has 1 amide bonds. The predicted octanol–water partition coefficient (Wildman–Crippen LogP) is 2.72. The molecule has 1 fully saturated rings. The number of aromatic amines is 1. The third-order valence-corrected chi connectivity index (χ3v) is 3.80. The van der Waals surface area contributed by atoms with E-state index in [-0.39, 0.29) is 5.91 Å². The predicted molar refractivity (Wildman–Crippen MR) is 74.7 cm³/mol. The lowest BCUT2D eigenvalue weighted by atomic mass is 10.1. The summed E-state index contributed by atoms with van der Waals surface area (Å²) in [6.45, 7) is 3.71. The molecule has 1 N–H and O–H groups in total. The van der Waals surface area contributed by atoms with Crippen molar-refractivity contribution in [3.05, 3.63) is 29.5 Å². The molecule has 100 valence electrons. The van der Waals surface area contributed by atoms with E-state index < -0.39 is 0 Å². The summed E-state index contributed by atoms with van der Waals surface area (Å²) in [5.74, 6) is 0.945. The van der Waals surface area contributed by atoms with Gasteiger partial charge in [-0.15, -0.1) is 0 Å². The molecule has 4 nitrogen and oxygen atoms in total. The van der Waals surface area contributed by atoms with Crippen molar-refractivity contribution in [2.45, 2.75) is 19.8 Å². The van der Waals surface area contributed by atoms with Gasteiger partial charge in [-0.05, 0) is 31.9 Å². The fourth-order valence-corrected chi connectivity index (χ4v) is 2.79. The minimum Gasteiger partial charge on any atom is -0.497 e. The summed E-state index contributed by atoms with van der Waals surface area (Å²) < 4.78 is 5.22. The molecular formula is C15H18N2O2. The zero-order valence-corrected chi connectivity index (χ0v) is 11.3. The van der Waals surface area contributed by atoms with Crippen LogP contribution < -0.4 is 4.74 Å². The summed E-state index contributed by atoms with van der Waals surface area (Å²) in [6.07, 6.45) is 2.22. The van der Waals surface area contributed by atoms with E-state index in [1.54, 1.807) is 7.11 Å². The van der Waals surface area contributed by atoms with Crippen molar-refractivity contribution < 1.29 is 9.53 Å². The summed E-state index contributed by atoms with van der Waals surface area (Å²) in [5.41, 5.74) is 2.69. The Bertz CT molecular complexity index is 624. The van der Waals surface area contributed by atoms with Gasteiger partial charge in [-0.2, -0.15) is 0 Å². The molecule has 0 radical (unpaired) electrons. The smallest absolute Gasteiger partial charge is 0.256 e. The van der Waals surface area contributed by atoms with E-state index in [9.17, 15) is 4.79 Å². The first kappa shape index (κ1) is 12.1. The zero-order chi connectivity index (χ0) is 13.4.